The highest BCUT2D eigenvalue weighted by Crippen LogP contribution is 2.23. The van der Waals surface area contributed by atoms with E-state index in [-0.39, 0.29) is 11.5 Å². The third-order valence-corrected chi connectivity index (χ3v) is 2.95. The number of methoxy groups -OCH3 is 1. The first-order chi connectivity index (χ1) is 8.43. The van der Waals surface area contributed by atoms with Crippen LogP contribution in [-0.4, -0.2) is 24.9 Å². The average Bonchev–Trinajstić information content (AvgIpc) is 2.34. The molecule has 0 saturated carbocycles. The molecule has 0 aliphatic heterocycles. The van der Waals surface area contributed by atoms with Gasteiger partial charge in [-0.25, -0.2) is 0 Å². The van der Waals surface area contributed by atoms with Gasteiger partial charge in [0.2, 0.25) is 0 Å². The minimum atomic E-state index is -0.281. The number of hydrogen-bond acceptors (Lipinski definition) is 3. The van der Waals surface area contributed by atoms with Crippen molar-refractivity contribution in [2.45, 2.75) is 39.7 Å². The molecule has 1 unspecified atom stereocenters. The topological polar surface area (TPSA) is 38.7 Å². The Labute approximate surface area is 110 Å². The number of benzene rings is 1. The third kappa shape index (κ3) is 4.96. The van der Waals surface area contributed by atoms with Crippen LogP contribution in [0.5, 0.6) is 11.5 Å². The molecule has 0 amide bonds. The molecule has 0 saturated heterocycles. The normalized spacial score (nSPS) is 13.2. The van der Waals surface area contributed by atoms with Crippen LogP contribution >= 0.6 is 0 Å². The Morgan fingerprint density at radius 1 is 1.11 bits per heavy atom. The van der Waals surface area contributed by atoms with Crippen molar-refractivity contribution >= 4 is 0 Å². The Morgan fingerprint density at radius 2 is 1.67 bits per heavy atom. The molecule has 0 bridgehead atoms. The van der Waals surface area contributed by atoms with Crippen LogP contribution in [0.2, 0.25) is 0 Å². The van der Waals surface area contributed by atoms with E-state index in [1.54, 1.807) is 7.11 Å². The van der Waals surface area contributed by atoms with Gasteiger partial charge in [-0.05, 0) is 42.5 Å². The van der Waals surface area contributed by atoms with Gasteiger partial charge < -0.3 is 14.6 Å². The summed E-state index contributed by atoms with van der Waals surface area (Å²) in [4.78, 5) is 0. The molecular weight excluding hydrogens is 228 g/mol. The van der Waals surface area contributed by atoms with Gasteiger partial charge in [-0.15, -0.1) is 0 Å². The van der Waals surface area contributed by atoms with Gasteiger partial charge in [0.05, 0.1) is 19.8 Å². The van der Waals surface area contributed by atoms with E-state index >= 15 is 0 Å². The lowest BCUT2D eigenvalue weighted by Crippen LogP contribution is -2.26. The quantitative estimate of drug-likeness (QED) is 0.790. The van der Waals surface area contributed by atoms with Gasteiger partial charge in [0.15, 0.2) is 0 Å². The molecule has 0 radical (unpaired) electrons. The summed E-state index contributed by atoms with van der Waals surface area (Å²) in [6.45, 7) is 6.76. The maximum absolute atomic E-state index is 9.88. The third-order valence-electron chi connectivity index (χ3n) is 2.95. The fourth-order valence-electron chi connectivity index (χ4n) is 1.57. The maximum atomic E-state index is 9.88. The highest BCUT2D eigenvalue weighted by Gasteiger charge is 2.21. The van der Waals surface area contributed by atoms with E-state index in [2.05, 4.69) is 0 Å². The first-order valence-electron chi connectivity index (χ1n) is 6.38. The van der Waals surface area contributed by atoms with Crippen molar-refractivity contribution in [1.82, 2.24) is 0 Å². The van der Waals surface area contributed by atoms with Gasteiger partial charge in [0.25, 0.3) is 0 Å². The summed E-state index contributed by atoms with van der Waals surface area (Å²) in [7, 11) is 1.64. The summed E-state index contributed by atoms with van der Waals surface area (Å²) >= 11 is 0. The van der Waals surface area contributed by atoms with Crippen LogP contribution in [0.25, 0.3) is 0 Å². The lowest BCUT2D eigenvalue weighted by Gasteiger charge is -2.25. The van der Waals surface area contributed by atoms with Gasteiger partial charge in [-0.3, -0.25) is 0 Å². The zero-order valence-corrected chi connectivity index (χ0v) is 11.8. The maximum Gasteiger partial charge on any atom is 0.119 e. The molecule has 0 aliphatic rings. The smallest absolute Gasteiger partial charge is 0.119 e. The minimum Gasteiger partial charge on any atom is -0.497 e. The second-order valence-electron chi connectivity index (χ2n) is 5.55. The van der Waals surface area contributed by atoms with E-state index in [9.17, 15) is 5.11 Å². The number of aliphatic hydroxyl groups is 1. The van der Waals surface area contributed by atoms with Crippen LogP contribution in [0.3, 0.4) is 0 Å². The van der Waals surface area contributed by atoms with Crippen molar-refractivity contribution in [2.75, 3.05) is 13.7 Å². The Balaban J connectivity index is 2.25. The van der Waals surface area contributed by atoms with Gasteiger partial charge in [-0.2, -0.15) is 0 Å². The summed E-state index contributed by atoms with van der Waals surface area (Å²) in [5, 5.41) is 9.88. The van der Waals surface area contributed by atoms with Gasteiger partial charge in [0, 0.05) is 0 Å². The Morgan fingerprint density at radius 3 is 2.17 bits per heavy atom. The van der Waals surface area contributed by atoms with E-state index in [4.69, 9.17) is 9.47 Å². The first kappa shape index (κ1) is 14.8. The van der Waals surface area contributed by atoms with Crippen LogP contribution in [0.4, 0.5) is 0 Å². The predicted octanol–water partition coefficient (Wildman–Crippen LogP) is 3.26. The summed E-state index contributed by atoms with van der Waals surface area (Å²) in [5.41, 5.74) is -0.0554. The van der Waals surface area contributed by atoms with Crippen LogP contribution in [0.1, 0.15) is 33.6 Å². The van der Waals surface area contributed by atoms with Crippen molar-refractivity contribution in [3.63, 3.8) is 0 Å². The van der Waals surface area contributed by atoms with Crippen molar-refractivity contribution in [3.8, 4) is 11.5 Å². The van der Waals surface area contributed by atoms with E-state index in [1.807, 2.05) is 45.0 Å². The molecule has 1 aromatic rings. The Hall–Kier alpha value is -1.22. The molecule has 0 spiro atoms. The zero-order chi connectivity index (χ0) is 13.6. The van der Waals surface area contributed by atoms with E-state index < -0.39 is 0 Å². The zero-order valence-electron chi connectivity index (χ0n) is 11.8. The van der Waals surface area contributed by atoms with Gasteiger partial charge >= 0.3 is 0 Å². The molecule has 0 aromatic heterocycles. The lowest BCUT2D eigenvalue weighted by molar-refractivity contribution is 0.0505. The monoisotopic (exact) mass is 252 g/mol. The van der Waals surface area contributed by atoms with E-state index in [0.29, 0.717) is 6.61 Å². The van der Waals surface area contributed by atoms with Crippen LogP contribution in [0, 0.1) is 5.41 Å². The molecular formula is C15H24O3. The van der Waals surface area contributed by atoms with Crippen LogP contribution < -0.4 is 9.47 Å². The summed E-state index contributed by atoms with van der Waals surface area (Å²) in [6.07, 6.45) is 1.33. The van der Waals surface area contributed by atoms with Crippen molar-refractivity contribution in [3.05, 3.63) is 24.3 Å². The highest BCUT2D eigenvalue weighted by molar-refractivity contribution is 5.31. The van der Waals surface area contributed by atoms with Crippen LogP contribution in [0.15, 0.2) is 24.3 Å². The Bertz CT molecular complexity index is 338. The van der Waals surface area contributed by atoms with E-state index in [0.717, 1.165) is 24.3 Å². The molecule has 3 heteroatoms. The second-order valence-corrected chi connectivity index (χ2v) is 5.55. The molecule has 0 aliphatic carbocycles. The van der Waals surface area contributed by atoms with Gasteiger partial charge in [-0.1, -0.05) is 20.8 Å². The Kier molecular flexibility index (Phi) is 5.48. The highest BCUT2D eigenvalue weighted by atomic mass is 16.5. The average molecular weight is 252 g/mol. The predicted molar refractivity (Wildman–Crippen MR) is 73.2 cm³/mol. The second kappa shape index (κ2) is 6.64. The standard InChI is InChI=1S/C15H24O3/c1-15(2,3)14(16)6-5-11-18-13-9-7-12(17-4)8-10-13/h7-10,14,16H,5-6,11H2,1-4H3. The van der Waals surface area contributed by atoms with Crippen molar-refractivity contribution < 1.29 is 14.6 Å². The number of aliphatic hydroxyl groups excluding tert-OH is 1. The number of rotatable bonds is 6. The largest absolute Gasteiger partial charge is 0.497 e. The number of hydrogen-bond donors (Lipinski definition) is 1. The molecule has 3 nitrogen and oxygen atoms in total. The first-order valence-corrected chi connectivity index (χ1v) is 6.38. The molecule has 18 heavy (non-hydrogen) atoms. The summed E-state index contributed by atoms with van der Waals surface area (Å²) < 4.78 is 10.7. The molecule has 102 valence electrons. The minimum absolute atomic E-state index is 0.0554. The molecule has 0 heterocycles. The SMILES string of the molecule is COc1ccc(OCCCC(O)C(C)(C)C)cc1. The molecule has 0 fully saturated rings. The summed E-state index contributed by atoms with van der Waals surface area (Å²) in [6, 6.07) is 7.52. The molecule has 1 aromatic carbocycles. The van der Waals surface area contributed by atoms with Crippen molar-refractivity contribution in [2.24, 2.45) is 5.41 Å². The molecule has 1 N–H and O–H groups in total. The lowest BCUT2D eigenvalue weighted by atomic mass is 9.87. The summed E-state index contributed by atoms with van der Waals surface area (Å²) in [5.74, 6) is 1.66. The number of ether oxygens (including phenoxy) is 2. The molecule has 1 atom stereocenters. The van der Waals surface area contributed by atoms with Crippen LogP contribution in [-0.2, 0) is 0 Å². The van der Waals surface area contributed by atoms with Gasteiger partial charge in [0.1, 0.15) is 11.5 Å². The fraction of sp³-hybridized carbons (Fsp3) is 0.600. The van der Waals surface area contributed by atoms with Crippen molar-refractivity contribution in [1.29, 1.82) is 0 Å². The van der Waals surface area contributed by atoms with E-state index in [1.165, 1.54) is 0 Å². The molecule has 1 rings (SSSR count). The fourth-order valence-corrected chi connectivity index (χ4v) is 1.57.